The van der Waals surface area contributed by atoms with Gasteiger partial charge in [-0.3, -0.25) is 0 Å². The summed E-state index contributed by atoms with van der Waals surface area (Å²) in [4.78, 5) is 0. The Morgan fingerprint density at radius 2 is 1.89 bits per heavy atom. The molecule has 0 aliphatic heterocycles. The molecular formula is C8H16W. The fourth-order valence-corrected chi connectivity index (χ4v) is 0.670. The Morgan fingerprint density at radius 1 is 1.22 bits per heavy atom. The van der Waals surface area contributed by atoms with E-state index in [4.69, 9.17) is 0 Å². The SMILES string of the molecule is C[CH-]CCC[CH-]CC.[W+2]. The van der Waals surface area contributed by atoms with Crippen LogP contribution in [-0.2, 0) is 21.1 Å². The zero-order chi connectivity index (χ0) is 6.24. The number of rotatable bonds is 5. The Kier molecular flexibility index (Phi) is 15.8. The van der Waals surface area contributed by atoms with Crippen molar-refractivity contribution in [1.29, 1.82) is 0 Å². The van der Waals surface area contributed by atoms with E-state index in [9.17, 15) is 0 Å². The predicted octanol–water partition coefficient (Wildman–Crippen LogP) is 2.99. The average molecular weight is 296 g/mol. The molecule has 0 aromatic carbocycles. The van der Waals surface area contributed by atoms with E-state index in [0.29, 0.717) is 0 Å². The van der Waals surface area contributed by atoms with E-state index in [1.807, 2.05) is 0 Å². The molecule has 0 rings (SSSR count). The first-order chi connectivity index (χ1) is 3.91. The van der Waals surface area contributed by atoms with Crippen LogP contribution in [0.3, 0.4) is 0 Å². The van der Waals surface area contributed by atoms with Crippen molar-refractivity contribution in [3.63, 3.8) is 0 Å². The van der Waals surface area contributed by atoms with Crippen LogP contribution >= 0.6 is 0 Å². The van der Waals surface area contributed by atoms with E-state index >= 15 is 0 Å². The molecule has 0 atom stereocenters. The first-order valence-corrected chi connectivity index (χ1v) is 3.51. The van der Waals surface area contributed by atoms with Crippen molar-refractivity contribution < 1.29 is 21.1 Å². The van der Waals surface area contributed by atoms with Gasteiger partial charge in [0, 0.05) is 0 Å². The molecule has 1 heteroatoms. The molecule has 0 aromatic heterocycles. The second-order valence-corrected chi connectivity index (χ2v) is 2.04. The monoisotopic (exact) mass is 296 g/mol. The minimum absolute atomic E-state index is 0. The summed E-state index contributed by atoms with van der Waals surface area (Å²) in [5, 5.41) is 0. The quantitative estimate of drug-likeness (QED) is 0.540. The molecule has 0 N–H and O–H groups in total. The maximum Gasteiger partial charge on any atom is 2.00 e. The molecule has 0 heterocycles. The maximum absolute atomic E-state index is 2.34. The largest absolute Gasteiger partial charge is 2.00 e. The molecule has 54 valence electrons. The van der Waals surface area contributed by atoms with Crippen molar-refractivity contribution in [3.05, 3.63) is 12.8 Å². The zero-order valence-electron chi connectivity index (χ0n) is 6.39. The second-order valence-electron chi connectivity index (χ2n) is 2.04. The minimum Gasteiger partial charge on any atom is -0.332 e. The van der Waals surface area contributed by atoms with Gasteiger partial charge in [-0.15, -0.1) is 6.42 Å². The van der Waals surface area contributed by atoms with E-state index in [-0.39, 0.29) is 21.1 Å². The van der Waals surface area contributed by atoms with Crippen LogP contribution < -0.4 is 0 Å². The van der Waals surface area contributed by atoms with E-state index in [2.05, 4.69) is 26.7 Å². The Labute approximate surface area is 73.7 Å². The van der Waals surface area contributed by atoms with Crippen LogP contribution in [0.4, 0.5) is 0 Å². The van der Waals surface area contributed by atoms with E-state index < -0.39 is 0 Å². The third kappa shape index (κ3) is 12.0. The van der Waals surface area contributed by atoms with E-state index in [1.54, 1.807) is 0 Å². The predicted molar refractivity (Wildman–Crippen MR) is 38.4 cm³/mol. The molecule has 0 spiro atoms. The van der Waals surface area contributed by atoms with Gasteiger partial charge >= 0.3 is 21.1 Å². The van der Waals surface area contributed by atoms with Gasteiger partial charge in [-0.05, 0) is 0 Å². The van der Waals surface area contributed by atoms with Crippen LogP contribution in [-0.4, -0.2) is 0 Å². The summed E-state index contributed by atoms with van der Waals surface area (Å²) in [6.07, 6.45) is 9.69. The fraction of sp³-hybridized carbons (Fsp3) is 0.750. The Bertz CT molecular complexity index is 29.5. The van der Waals surface area contributed by atoms with Gasteiger partial charge in [-0.1, -0.05) is 6.92 Å². The van der Waals surface area contributed by atoms with Gasteiger partial charge < -0.3 is 12.8 Å². The molecule has 0 amide bonds. The molecule has 0 radical (unpaired) electrons. The van der Waals surface area contributed by atoms with Gasteiger partial charge in [0.1, 0.15) is 0 Å². The van der Waals surface area contributed by atoms with Gasteiger partial charge in [0.25, 0.3) is 0 Å². The summed E-state index contributed by atoms with van der Waals surface area (Å²) >= 11 is 0. The van der Waals surface area contributed by atoms with Gasteiger partial charge in [-0.25, -0.2) is 0 Å². The smallest absolute Gasteiger partial charge is 0.332 e. The Morgan fingerprint density at radius 3 is 2.33 bits per heavy atom. The second kappa shape index (κ2) is 11.5. The van der Waals surface area contributed by atoms with E-state index in [0.717, 1.165) is 0 Å². The number of hydrogen-bond acceptors (Lipinski definition) is 0. The van der Waals surface area contributed by atoms with Crippen molar-refractivity contribution >= 4 is 0 Å². The zero-order valence-corrected chi connectivity index (χ0v) is 9.32. The van der Waals surface area contributed by atoms with Crippen LogP contribution in [0.15, 0.2) is 0 Å². The van der Waals surface area contributed by atoms with Gasteiger partial charge in [-0.2, -0.15) is 26.2 Å². The molecule has 0 bridgehead atoms. The van der Waals surface area contributed by atoms with Gasteiger partial charge in [0.15, 0.2) is 0 Å². The topological polar surface area (TPSA) is 0 Å². The van der Waals surface area contributed by atoms with Crippen molar-refractivity contribution in [1.82, 2.24) is 0 Å². The molecule has 0 nitrogen and oxygen atoms in total. The molecule has 0 unspecified atom stereocenters. The maximum atomic E-state index is 2.34. The first-order valence-electron chi connectivity index (χ1n) is 3.51. The average Bonchev–Trinajstić information content (AvgIpc) is 1.81. The standard InChI is InChI=1S/C8H16.W/c1-3-5-7-8-6-4-2;/h3,6H,4-5,7-8H2,1-2H3;/q-2;+2. The summed E-state index contributed by atoms with van der Waals surface area (Å²) in [5.74, 6) is 0. The summed E-state index contributed by atoms with van der Waals surface area (Å²) in [7, 11) is 0. The summed E-state index contributed by atoms with van der Waals surface area (Å²) in [6, 6.07) is 0. The van der Waals surface area contributed by atoms with Crippen molar-refractivity contribution in [2.24, 2.45) is 0 Å². The normalized spacial score (nSPS) is 8.67. The molecule has 0 saturated carbocycles. The van der Waals surface area contributed by atoms with Gasteiger partial charge in [0.2, 0.25) is 0 Å². The molecular weight excluding hydrogens is 280 g/mol. The van der Waals surface area contributed by atoms with Crippen LogP contribution in [0.5, 0.6) is 0 Å². The summed E-state index contributed by atoms with van der Waals surface area (Å²) < 4.78 is 0. The van der Waals surface area contributed by atoms with Crippen LogP contribution in [0, 0.1) is 12.8 Å². The number of hydrogen-bond donors (Lipinski definition) is 0. The van der Waals surface area contributed by atoms with Crippen LogP contribution in [0.1, 0.15) is 39.5 Å². The van der Waals surface area contributed by atoms with Crippen LogP contribution in [0.25, 0.3) is 0 Å². The summed E-state index contributed by atoms with van der Waals surface area (Å²) in [6.45, 7) is 4.31. The van der Waals surface area contributed by atoms with Gasteiger partial charge in [0.05, 0.1) is 0 Å². The Balaban J connectivity index is 0. The van der Waals surface area contributed by atoms with Crippen molar-refractivity contribution in [2.75, 3.05) is 0 Å². The van der Waals surface area contributed by atoms with Crippen LogP contribution in [0.2, 0.25) is 0 Å². The Hall–Kier alpha value is 0.688. The third-order valence-electron chi connectivity index (χ3n) is 1.19. The summed E-state index contributed by atoms with van der Waals surface area (Å²) in [5.41, 5.74) is 0. The number of unbranched alkanes of at least 4 members (excludes halogenated alkanes) is 5. The van der Waals surface area contributed by atoms with Crippen molar-refractivity contribution in [3.8, 4) is 0 Å². The van der Waals surface area contributed by atoms with E-state index in [1.165, 1.54) is 25.7 Å². The molecule has 9 heavy (non-hydrogen) atoms. The molecule has 0 fully saturated rings. The molecule has 0 aliphatic rings. The molecule has 0 aromatic rings. The third-order valence-corrected chi connectivity index (χ3v) is 1.19. The van der Waals surface area contributed by atoms with Crippen molar-refractivity contribution in [2.45, 2.75) is 39.5 Å². The first kappa shape index (κ1) is 12.4. The minimum atomic E-state index is 0. The molecule has 0 aliphatic carbocycles. The fourth-order valence-electron chi connectivity index (χ4n) is 0.670. The molecule has 0 saturated heterocycles.